The predicted octanol–water partition coefficient (Wildman–Crippen LogP) is 3.49. The number of carbonyl (C=O) groups is 1. The van der Waals surface area contributed by atoms with Crippen molar-refractivity contribution in [2.24, 2.45) is 17.6 Å². The summed E-state index contributed by atoms with van der Waals surface area (Å²) in [5.74, 6) is 0.346. The Balaban J connectivity index is 0.00000289. The molecule has 0 bridgehead atoms. The molecular weight excluding hydrogens is 471 g/mol. The molecule has 2 aliphatic rings. The van der Waals surface area contributed by atoms with E-state index < -0.39 is 10.0 Å². The molecule has 0 spiro atoms. The average molecular weight is 499 g/mol. The van der Waals surface area contributed by atoms with Gasteiger partial charge in [0.05, 0.1) is 10.7 Å². The number of benzene rings is 2. The maximum Gasteiger partial charge on any atom is 0.243 e. The maximum absolute atomic E-state index is 13.1. The second-order valence-corrected chi connectivity index (χ2v) is 10.8. The van der Waals surface area contributed by atoms with Gasteiger partial charge in [-0.05, 0) is 60.7 Å². The lowest BCUT2D eigenvalue weighted by Gasteiger charge is -2.37. The number of hydrogen-bond donors (Lipinski definition) is 2. The normalized spacial score (nSPS) is 22.3. The third-order valence-electron chi connectivity index (χ3n) is 6.48. The Morgan fingerprint density at radius 2 is 1.50 bits per heavy atom. The van der Waals surface area contributed by atoms with E-state index in [-0.39, 0.29) is 54.0 Å². The highest BCUT2D eigenvalue weighted by Gasteiger charge is 2.34. The van der Waals surface area contributed by atoms with Crippen molar-refractivity contribution in [3.63, 3.8) is 0 Å². The summed E-state index contributed by atoms with van der Waals surface area (Å²) < 4.78 is 27.7. The number of halogens is 2. The van der Waals surface area contributed by atoms with Crippen LogP contribution in [0.5, 0.6) is 0 Å². The van der Waals surface area contributed by atoms with Crippen LogP contribution in [-0.2, 0) is 14.8 Å². The molecule has 7 nitrogen and oxygen atoms in total. The van der Waals surface area contributed by atoms with Crippen molar-refractivity contribution in [2.75, 3.05) is 26.2 Å². The van der Waals surface area contributed by atoms with Gasteiger partial charge in [-0.25, -0.2) is 8.42 Å². The Hall–Kier alpha value is -1.87. The summed E-state index contributed by atoms with van der Waals surface area (Å²) in [5.41, 5.74) is 5.59. The Morgan fingerprint density at radius 1 is 0.938 bits per heavy atom. The summed E-state index contributed by atoms with van der Waals surface area (Å²) in [6.45, 7) is 1.37. The zero-order valence-corrected chi connectivity index (χ0v) is 20.1. The molecule has 1 heterocycles. The van der Waals surface area contributed by atoms with Crippen molar-refractivity contribution < 1.29 is 13.2 Å². The molecule has 2 aromatic carbocycles. The molecule has 1 saturated heterocycles. The number of nitrogens with zero attached hydrogens (tertiary/aromatic N) is 2. The van der Waals surface area contributed by atoms with Gasteiger partial charge in [-0.1, -0.05) is 23.7 Å². The van der Waals surface area contributed by atoms with Crippen LogP contribution in [-0.4, -0.2) is 55.5 Å². The van der Waals surface area contributed by atoms with Gasteiger partial charge in [0.15, 0.2) is 0 Å². The highest BCUT2D eigenvalue weighted by atomic mass is 35.5. The maximum atomic E-state index is 13.1. The van der Waals surface area contributed by atoms with Gasteiger partial charge in [0.1, 0.15) is 0 Å². The van der Waals surface area contributed by atoms with E-state index in [1.807, 2.05) is 12.1 Å². The number of amidine groups is 1. The van der Waals surface area contributed by atoms with Crippen molar-refractivity contribution >= 4 is 56.5 Å². The minimum atomic E-state index is -3.63. The molecule has 0 radical (unpaired) electrons. The second-order valence-electron chi connectivity index (χ2n) is 8.39. The van der Waals surface area contributed by atoms with Crippen LogP contribution in [0.25, 0.3) is 10.8 Å². The molecule has 2 fully saturated rings. The molecule has 0 unspecified atom stereocenters. The number of nitrogens with one attached hydrogen (secondary N) is 1. The number of piperazine rings is 1. The van der Waals surface area contributed by atoms with E-state index in [0.717, 1.165) is 36.5 Å². The van der Waals surface area contributed by atoms with E-state index in [1.54, 1.807) is 29.2 Å². The number of sulfonamides is 1. The topological polar surface area (TPSA) is 108 Å². The van der Waals surface area contributed by atoms with Crippen LogP contribution < -0.4 is 5.73 Å². The van der Waals surface area contributed by atoms with Crippen molar-refractivity contribution in [1.29, 1.82) is 5.41 Å². The van der Waals surface area contributed by atoms with Crippen molar-refractivity contribution in [3.8, 4) is 0 Å². The first-order chi connectivity index (χ1) is 14.8. The van der Waals surface area contributed by atoms with E-state index >= 15 is 0 Å². The Labute approximate surface area is 199 Å². The molecule has 0 atom stereocenters. The summed E-state index contributed by atoms with van der Waals surface area (Å²) in [5, 5.41) is 9.90. The highest BCUT2D eigenvalue weighted by Crippen LogP contribution is 2.31. The molecule has 32 heavy (non-hydrogen) atoms. The third-order valence-corrected chi connectivity index (χ3v) is 8.61. The first-order valence-corrected chi connectivity index (χ1v) is 12.4. The molecule has 1 amide bonds. The Morgan fingerprint density at radius 3 is 2.12 bits per heavy atom. The van der Waals surface area contributed by atoms with Gasteiger partial charge in [-0.15, -0.1) is 12.4 Å². The van der Waals surface area contributed by atoms with E-state index in [4.69, 9.17) is 22.7 Å². The lowest BCUT2D eigenvalue weighted by atomic mass is 9.81. The van der Waals surface area contributed by atoms with E-state index in [0.29, 0.717) is 18.1 Å². The van der Waals surface area contributed by atoms with Gasteiger partial charge < -0.3 is 10.6 Å². The Bertz CT molecular complexity index is 1110. The van der Waals surface area contributed by atoms with Crippen LogP contribution in [0, 0.1) is 17.2 Å². The molecule has 1 aliphatic carbocycles. The van der Waals surface area contributed by atoms with Gasteiger partial charge in [-0.2, -0.15) is 4.31 Å². The highest BCUT2D eigenvalue weighted by molar-refractivity contribution is 7.89. The smallest absolute Gasteiger partial charge is 0.243 e. The van der Waals surface area contributed by atoms with Gasteiger partial charge >= 0.3 is 0 Å². The fraction of sp³-hybridized carbons (Fsp3) is 0.455. The van der Waals surface area contributed by atoms with Crippen LogP contribution in [0.15, 0.2) is 41.3 Å². The molecule has 1 saturated carbocycles. The second kappa shape index (κ2) is 9.95. The van der Waals surface area contributed by atoms with Crippen LogP contribution in [0.3, 0.4) is 0 Å². The van der Waals surface area contributed by atoms with Crippen LogP contribution in [0.2, 0.25) is 5.02 Å². The van der Waals surface area contributed by atoms with Crippen molar-refractivity contribution in [3.05, 3.63) is 41.4 Å². The van der Waals surface area contributed by atoms with Gasteiger partial charge in [0.25, 0.3) is 0 Å². The summed E-state index contributed by atoms with van der Waals surface area (Å²) in [6, 6.07) is 10.4. The van der Waals surface area contributed by atoms with Gasteiger partial charge in [0.2, 0.25) is 15.9 Å². The fourth-order valence-electron chi connectivity index (χ4n) is 4.56. The van der Waals surface area contributed by atoms with Gasteiger partial charge in [-0.3, -0.25) is 10.2 Å². The van der Waals surface area contributed by atoms with Crippen LogP contribution in [0.1, 0.15) is 25.7 Å². The third kappa shape index (κ3) is 5.03. The van der Waals surface area contributed by atoms with Gasteiger partial charge in [0, 0.05) is 43.0 Å². The molecule has 3 N–H and O–H groups in total. The molecule has 10 heteroatoms. The lowest BCUT2D eigenvalue weighted by molar-refractivity contribution is -0.137. The summed E-state index contributed by atoms with van der Waals surface area (Å²) in [4.78, 5) is 14.9. The minimum Gasteiger partial charge on any atom is -0.387 e. The largest absolute Gasteiger partial charge is 0.387 e. The van der Waals surface area contributed by atoms with Crippen molar-refractivity contribution in [2.45, 2.75) is 30.6 Å². The zero-order chi connectivity index (χ0) is 22.2. The van der Waals surface area contributed by atoms with E-state index in [9.17, 15) is 13.2 Å². The number of fused-ring (bicyclic) bond motifs is 1. The van der Waals surface area contributed by atoms with E-state index in [1.165, 1.54) is 4.31 Å². The standard InChI is InChI=1S/C22H27ClN4O3S.ClH/c23-19-7-5-18-14-20(8-6-17(18)13-19)31(29,30)27-11-9-26(10-12-27)22(28)16-3-1-15(2-4-16)21(24)25;/h5-8,13-16H,1-4,9-12H2,(H3,24,25);1H/t15-,16-;. The molecule has 0 aromatic heterocycles. The molecule has 1 aliphatic heterocycles. The molecule has 174 valence electrons. The average Bonchev–Trinajstić information content (AvgIpc) is 2.78. The van der Waals surface area contributed by atoms with Crippen LogP contribution >= 0.6 is 24.0 Å². The zero-order valence-electron chi connectivity index (χ0n) is 17.7. The first kappa shape index (κ1) is 24.8. The SMILES string of the molecule is Cl.N=C(N)[C@H]1CC[C@H](C(=O)N2CCN(S(=O)(=O)c3ccc4cc(Cl)ccc4c3)CC2)CC1. The number of amides is 1. The fourth-order valence-corrected chi connectivity index (χ4v) is 6.20. The quantitative estimate of drug-likeness (QED) is 0.496. The first-order valence-electron chi connectivity index (χ1n) is 10.6. The van der Waals surface area contributed by atoms with Crippen molar-refractivity contribution in [1.82, 2.24) is 9.21 Å². The monoisotopic (exact) mass is 498 g/mol. The predicted molar refractivity (Wildman–Crippen MR) is 129 cm³/mol. The number of nitrogens with two attached hydrogens (primary N) is 1. The molecular formula is C22H28Cl2N4O3S. The lowest BCUT2D eigenvalue weighted by Crippen LogP contribution is -2.52. The summed E-state index contributed by atoms with van der Waals surface area (Å²) >= 11 is 6.01. The molecule has 2 aromatic rings. The summed E-state index contributed by atoms with van der Waals surface area (Å²) in [7, 11) is -3.63. The minimum absolute atomic E-state index is 0. The summed E-state index contributed by atoms with van der Waals surface area (Å²) in [6.07, 6.45) is 3.02. The van der Waals surface area contributed by atoms with E-state index in [2.05, 4.69) is 0 Å². The van der Waals surface area contributed by atoms with Crippen LogP contribution in [0.4, 0.5) is 0 Å². The molecule has 4 rings (SSSR count). The number of hydrogen-bond acceptors (Lipinski definition) is 4. The Kier molecular flexibility index (Phi) is 7.70. The number of carbonyl (C=O) groups excluding carboxylic acids is 1. The number of rotatable bonds is 4.